The molecular formula is C17H18ClF3N2O3. The van der Waals surface area contributed by atoms with Crippen LogP contribution in [0.3, 0.4) is 0 Å². The van der Waals surface area contributed by atoms with E-state index in [2.05, 4.69) is 5.10 Å². The van der Waals surface area contributed by atoms with E-state index in [0.717, 1.165) is 0 Å². The van der Waals surface area contributed by atoms with Gasteiger partial charge in [0.15, 0.2) is 6.61 Å². The zero-order valence-corrected chi connectivity index (χ0v) is 14.8. The third-order valence-electron chi connectivity index (χ3n) is 4.76. The summed E-state index contributed by atoms with van der Waals surface area (Å²) >= 11 is 5.83. The fraction of sp³-hybridized carbons (Fsp3) is 0.529. The van der Waals surface area contributed by atoms with Crippen LogP contribution < -0.4 is 4.74 Å². The van der Waals surface area contributed by atoms with E-state index in [9.17, 15) is 23.1 Å². The van der Waals surface area contributed by atoms with E-state index in [1.165, 1.54) is 6.07 Å². The summed E-state index contributed by atoms with van der Waals surface area (Å²) in [5, 5.41) is 14.9. The summed E-state index contributed by atoms with van der Waals surface area (Å²) in [6.07, 6.45) is -3.32. The van der Waals surface area contributed by atoms with E-state index in [1.54, 1.807) is 19.1 Å². The van der Waals surface area contributed by atoms with E-state index >= 15 is 0 Å². The van der Waals surface area contributed by atoms with Crippen molar-refractivity contribution in [1.82, 2.24) is 5.01 Å². The first-order valence-corrected chi connectivity index (χ1v) is 8.61. The molecule has 2 unspecified atom stereocenters. The summed E-state index contributed by atoms with van der Waals surface area (Å²) in [6, 6.07) is 4.68. The summed E-state index contributed by atoms with van der Waals surface area (Å²) in [7, 11) is 0. The first-order valence-electron chi connectivity index (χ1n) is 8.23. The van der Waals surface area contributed by atoms with Gasteiger partial charge in [0, 0.05) is 10.7 Å². The highest BCUT2D eigenvalue weighted by molar-refractivity contribution is 6.30. The third kappa shape index (κ3) is 3.16. The molecular weight excluding hydrogens is 373 g/mol. The van der Waals surface area contributed by atoms with Gasteiger partial charge in [-0.3, -0.25) is 4.79 Å². The maximum absolute atomic E-state index is 13.6. The molecule has 1 aromatic carbocycles. The molecule has 1 aromatic rings. The van der Waals surface area contributed by atoms with Gasteiger partial charge in [-0.05, 0) is 49.9 Å². The second kappa shape index (κ2) is 6.74. The van der Waals surface area contributed by atoms with Gasteiger partial charge in [0.1, 0.15) is 5.75 Å². The second-order valence-corrected chi connectivity index (χ2v) is 6.95. The SMILES string of the molecule is Cc1cc(Cl)ccc1OCC(=O)N1N=C2CCCCC2C1(O)C(F)(F)F. The minimum Gasteiger partial charge on any atom is -0.483 e. The number of fused-ring (bicyclic) bond motifs is 1. The van der Waals surface area contributed by atoms with Gasteiger partial charge in [0.2, 0.25) is 0 Å². The van der Waals surface area contributed by atoms with Crippen molar-refractivity contribution in [1.29, 1.82) is 0 Å². The lowest BCUT2D eigenvalue weighted by Crippen LogP contribution is -2.62. The maximum Gasteiger partial charge on any atom is 0.439 e. The Morgan fingerprint density at radius 2 is 2.19 bits per heavy atom. The van der Waals surface area contributed by atoms with Crippen molar-refractivity contribution >= 4 is 23.2 Å². The molecule has 9 heteroatoms. The molecule has 26 heavy (non-hydrogen) atoms. The number of hydrogen-bond donors (Lipinski definition) is 1. The molecule has 1 aliphatic heterocycles. The summed E-state index contributed by atoms with van der Waals surface area (Å²) in [5.41, 5.74) is -2.47. The highest BCUT2D eigenvalue weighted by Gasteiger charge is 2.68. The van der Waals surface area contributed by atoms with Crippen LogP contribution in [0.2, 0.25) is 5.02 Å². The Hall–Kier alpha value is -1.80. The Balaban J connectivity index is 1.81. The van der Waals surface area contributed by atoms with Crippen LogP contribution in [0.5, 0.6) is 5.75 Å². The van der Waals surface area contributed by atoms with Crippen molar-refractivity contribution < 1.29 is 27.8 Å². The van der Waals surface area contributed by atoms with Gasteiger partial charge in [-0.25, -0.2) is 0 Å². The van der Waals surface area contributed by atoms with Crippen LogP contribution in [0.1, 0.15) is 31.2 Å². The van der Waals surface area contributed by atoms with Crippen LogP contribution in [0.25, 0.3) is 0 Å². The average molecular weight is 391 g/mol. The molecule has 5 nitrogen and oxygen atoms in total. The Bertz CT molecular complexity index is 753. The van der Waals surface area contributed by atoms with Gasteiger partial charge in [0.25, 0.3) is 11.6 Å². The minimum absolute atomic E-state index is 0.135. The molecule has 2 atom stereocenters. The van der Waals surface area contributed by atoms with E-state index in [4.69, 9.17) is 16.3 Å². The number of halogens is 4. The van der Waals surface area contributed by atoms with Crippen molar-refractivity contribution in [2.45, 2.75) is 44.5 Å². The largest absolute Gasteiger partial charge is 0.483 e. The van der Waals surface area contributed by atoms with Crippen molar-refractivity contribution in [3.05, 3.63) is 28.8 Å². The number of alkyl halides is 3. The number of amides is 1. The lowest BCUT2D eigenvalue weighted by atomic mass is 9.80. The molecule has 1 fully saturated rings. The number of benzene rings is 1. The van der Waals surface area contributed by atoms with Crippen molar-refractivity contribution in [3.63, 3.8) is 0 Å². The number of rotatable bonds is 3. The van der Waals surface area contributed by atoms with Crippen molar-refractivity contribution in [2.75, 3.05) is 6.61 Å². The molecule has 0 radical (unpaired) electrons. The number of carbonyl (C=O) groups excluding carboxylic acids is 1. The maximum atomic E-state index is 13.6. The number of aliphatic hydroxyl groups is 1. The number of ether oxygens (including phenoxy) is 1. The first-order chi connectivity index (χ1) is 12.1. The lowest BCUT2D eigenvalue weighted by molar-refractivity contribution is -0.317. The quantitative estimate of drug-likeness (QED) is 0.856. The van der Waals surface area contributed by atoms with E-state index in [-0.39, 0.29) is 17.1 Å². The molecule has 1 N–H and O–H groups in total. The summed E-state index contributed by atoms with van der Waals surface area (Å²) in [5.74, 6) is -1.96. The van der Waals surface area contributed by atoms with Crippen molar-refractivity contribution in [2.24, 2.45) is 11.0 Å². The highest BCUT2D eigenvalue weighted by atomic mass is 35.5. The van der Waals surface area contributed by atoms with Crippen LogP contribution >= 0.6 is 11.6 Å². The van der Waals surface area contributed by atoms with Gasteiger partial charge >= 0.3 is 6.18 Å². The Morgan fingerprint density at radius 3 is 2.85 bits per heavy atom. The molecule has 1 aliphatic carbocycles. The first kappa shape index (κ1) is 19.0. The highest BCUT2D eigenvalue weighted by Crippen LogP contribution is 2.48. The average Bonchev–Trinajstić information content (AvgIpc) is 2.88. The third-order valence-corrected chi connectivity index (χ3v) is 4.99. The number of hydrazone groups is 1. The fourth-order valence-corrected chi connectivity index (χ4v) is 3.67. The monoisotopic (exact) mass is 390 g/mol. The standard InChI is InChI=1S/C17H18ClF3N2O3/c1-10-8-11(18)6-7-14(10)26-9-15(24)23-16(25,17(19,20)21)12-4-2-3-5-13(12)22-23/h6-8,12,25H,2-5,9H2,1H3. The second-order valence-electron chi connectivity index (χ2n) is 6.52. The van der Waals surface area contributed by atoms with Crippen LogP contribution in [-0.4, -0.2) is 40.2 Å². The molecule has 0 spiro atoms. The van der Waals surface area contributed by atoms with Gasteiger partial charge in [-0.15, -0.1) is 0 Å². The molecule has 0 saturated heterocycles. The molecule has 1 amide bonds. The van der Waals surface area contributed by atoms with E-state index in [0.29, 0.717) is 35.6 Å². The fourth-order valence-electron chi connectivity index (χ4n) is 3.44. The van der Waals surface area contributed by atoms with E-state index in [1.807, 2.05) is 0 Å². The number of carbonyl (C=O) groups is 1. The Morgan fingerprint density at radius 1 is 1.46 bits per heavy atom. The van der Waals surface area contributed by atoms with E-state index < -0.39 is 30.3 Å². The zero-order valence-electron chi connectivity index (χ0n) is 14.0. The Labute approximate surface area is 153 Å². The summed E-state index contributed by atoms with van der Waals surface area (Å²) in [4.78, 5) is 12.4. The van der Waals surface area contributed by atoms with Gasteiger partial charge in [0.05, 0.1) is 5.92 Å². The van der Waals surface area contributed by atoms with Crippen LogP contribution in [-0.2, 0) is 4.79 Å². The zero-order chi connectivity index (χ0) is 19.1. The van der Waals surface area contributed by atoms with Crippen LogP contribution in [0.15, 0.2) is 23.3 Å². The molecule has 142 valence electrons. The summed E-state index contributed by atoms with van der Waals surface area (Å²) < 4.78 is 46.2. The lowest BCUT2D eigenvalue weighted by Gasteiger charge is -2.38. The van der Waals surface area contributed by atoms with Crippen LogP contribution in [0, 0.1) is 12.8 Å². The predicted molar refractivity (Wildman–Crippen MR) is 88.9 cm³/mol. The number of hydrogen-bond acceptors (Lipinski definition) is 4. The molecule has 1 heterocycles. The molecule has 0 bridgehead atoms. The van der Waals surface area contributed by atoms with Gasteiger partial charge in [-0.2, -0.15) is 23.3 Å². The smallest absolute Gasteiger partial charge is 0.439 e. The van der Waals surface area contributed by atoms with Crippen molar-refractivity contribution in [3.8, 4) is 5.75 Å². The normalized spacial score (nSPS) is 25.7. The predicted octanol–water partition coefficient (Wildman–Crippen LogP) is 3.67. The number of nitrogens with zero attached hydrogens (tertiary/aromatic N) is 2. The molecule has 3 rings (SSSR count). The minimum atomic E-state index is -5.02. The van der Waals surface area contributed by atoms with Gasteiger partial charge in [-0.1, -0.05) is 18.0 Å². The van der Waals surface area contributed by atoms with Crippen LogP contribution in [0.4, 0.5) is 13.2 Å². The molecule has 0 aromatic heterocycles. The molecule has 2 aliphatic rings. The van der Waals surface area contributed by atoms with Gasteiger partial charge < -0.3 is 9.84 Å². The Kier molecular flexibility index (Phi) is 4.92. The molecule has 1 saturated carbocycles. The topological polar surface area (TPSA) is 62.1 Å². The number of aryl methyl sites for hydroxylation is 1. The summed E-state index contributed by atoms with van der Waals surface area (Å²) in [6.45, 7) is 1.02.